The first-order valence-corrected chi connectivity index (χ1v) is 9.87. The number of amides is 1. The van der Waals surface area contributed by atoms with E-state index in [1.165, 1.54) is 0 Å². The lowest BCUT2D eigenvalue weighted by molar-refractivity contribution is 0.0736. The van der Waals surface area contributed by atoms with Crippen molar-refractivity contribution in [3.8, 4) is 5.75 Å². The molecule has 0 spiro atoms. The third-order valence-electron chi connectivity index (χ3n) is 5.24. The minimum absolute atomic E-state index is 0.0379. The van der Waals surface area contributed by atoms with Gasteiger partial charge in [-0.05, 0) is 53.4 Å². The summed E-state index contributed by atoms with van der Waals surface area (Å²) in [6, 6.07) is 19.6. The molecular weight excluding hydrogens is 416 g/mol. The predicted molar refractivity (Wildman–Crippen MR) is 114 cm³/mol. The van der Waals surface area contributed by atoms with Crippen molar-refractivity contribution in [2.24, 2.45) is 0 Å². The van der Waals surface area contributed by atoms with Crippen molar-refractivity contribution in [3.05, 3.63) is 93.0 Å². The van der Waals surface area contributed by atoms with Gasteiger partial charge in [-0.1, -0.05) is 52.3 Å². The maximum absolute atomic E-state index is 13.4. The Morgan fingerprint density at radius 3 is 2.46 bits per heavy atom. The number of nitrogens with zero attached hydrogens (tertiary/aromatic N) is 1. The molecule has 5 heteroatoms. The first-order valence-electron chi connectivity index (χ1n) is 9.08. The van der Waals surface area contributed by atoms with E-state index in [2.05, 4.69) is 35.0 Å². The number of hydrogen-bond acceptors (Lipinski definition) is 3. The SMILES string of the molecule is COc1ccc(CN2C(=O)c3c(N)cc(Br)cc3C2c2ccccc2C)cc1. The summed E-state index contributed by atoms with van der Waals surface area (Å²) >= 11 is 3.53. The van der Waals surface area contributed by atoms with E-state index in [0.29, 0.717) is 17.8 Å². The average Bonchev–Trinajstić information content (AvgIpc) is 2.94. The lowest BCUT2D eigenvalue weighted by atomic mass is 9.94. The number of ether oxygens (including phenoxy) is 1. The summed E-state index contributed by atoms with van der Waals surface area (Å²) in [5.74, 6) is 0.757. The Bertz CT molecular complexity index is 1050. The highest BCUT2D eigenvalue weighted by molar-refractivity contribution is 9.10. The van der Waals surface area contributed by atoms with Gasteiger partial charge in [-0.25, -0.2) is 0 Å². The normalized spacial score (nSPS) is 15.6. The monoisotopic (exact) mass is 436 g/mol. The molecule has 28 heavy (non-hydrogen) atoms. The van der Waals surface area contributed by atoms with Crippen molar-refractivity contribution in [2.45, 2.75) is 19.5 Å². The fourth-order valence-corrected chi connectivity index (χ4v) is 4.35. The first-order chi connectivity index (χ1) is 13.5. The smallest absolute Gasteiger partial charge is 0.257 e. The molecule has 1 aliphatic rings. The van der Waals surface area contributed by atoms with Gasteiger partial charge in [0, 0.05) is 16.7 Å². The number of aryl methyl sites for hydroxylation is 1. The number of nitrogen functional groups attached to an aromatic ring is 1. The number of nitrogens with two attached hydrogens (primary N) is 1. The molecule has 1 aliphatic heterocycles. The number of halogens is 1. The molecule has 1 atom stereocenters. The molecule has 1 amide bonds. The van der Waals surface area contributed by atoms with Gasteiger partial charge in [0.25, 0.3) is 5.91 Å². The minimum atomic E-state index is -0.175. The van der Waals surface area contributed by atoms with E-state index in [-0.39, 0.29) is 11.9 Å². The highest BCUT2D eigenvalue weighted by atomic mass is 79.9. The number of benzene rings is 3. The van der Waals surface area contributed by atoms with Gasteiger partial charge < -0.3 is 15.4 Å². The number of anilines is 1. The molecule has 0 saturated carbocycles. The van der Waals surface area contributed by atoms with Crippen LogP contribution in [0.2, 0.25) is 0 Å². The lowest BCUT2D eigenvalue weighted by Crippen LogP contribution is -2.28. The molecule has 1 heterocycles. The molecule has 0 saturated heterocycles. The van der Waals surface area contributed by atoms with Gasteiger partial charge in [0.2, 0.25) is 0 Å². The number of hydrogen-bond donors (Lipinski definition) is 1. The van der Waals surface area contributed by atoms with Gasteiger partial charge in [0.05, 0.1) is 18.7 Å². The molecule has 0 aliphatic carbocycles. The molecular formula is C23H21BrN2O2. The number of methoxy groups -OCH3 is 1. The minimum Gasteiger partial charge on any atom is -0.497 e. The fraction of sp³-hybridized carbons (Fsp3) is 0.174. The number of fused-ring (bicyclic) bond motifs is 1. The van der Waals surface area contributed by atoms with Crippen LogP contribution in [-0.4, -0.2) is 17.9 Å². The standard InChI is InChI=1S/C23H21BrN2O2/c1-14-5-3-4-6-18(14)22-19-11-16(24)12-20(25)21(19)23(27)26(22)13-15-7-9-17(28-2)10-8-15/h3-12,22H,13,25H2,1-2H3. The van der Waals surface area contributed by atoms with Gasteiger partial charge in [-0.3, -0.25) is 4.79 Å². The molecule has 2 N–H and O–H groups in total. The topological polar surface area (TPSA) is 55.6 Å². The van der Waals surface area contributed by atoms with E-state index in [4.69, 9.17) is 10.5 Å². The van der Waals surface area contributed by atoms with Crippen molar-refractivity contribution in [3.63, 3.8) is 0 Å². The van der Waals surface area contributed by atoms with Crippen LogP contribution in [0.3, 0.4) is 0 Å². The average molecular weight is 437 g/mol. The van der Waals surface area contributed by atoms with Gasteiger partial charge in [-0.2, -0.15) is 0 Å². The quantitative estimate of drug-likeness (QED) is 0.579. The fourth-order valence-electron chi connectivity index (χ4n) is 3.86. The molecule has 4 rings (SSSR count). The first kappa shape index (κ1) is 18.6. The summed E-state index contributed by atoms with van der Waals surface area (Å²) in [7, 11) is 1.64. The van der Waals surface area contributed by atoms with Crippen molar-refractivity contribution in [1.29, 1.82) is 0 Å². The second-order valence-corrected chi connectivity index (χ2v) is 7.92. The Hall–Kier alpha value is -2.79. The number of carbonyl (C=O) groups excluding carboxylic acids is 1. The Morgan fingerprint density at radius 2 is 1.79 bits per heavy atom. The predicted octanol–water partition coefficient (Wildman–Crippen LogP) is 5.09. The third kappa shape index (κ3) is 3.16. The number of rotatable bonds is 4. The Kier molecular flexibility index (Phi) is 4.85. The summed E-state index contributed by atoms with van der Waals surface area (Å²) < 4.78 is 6.12. The van der Waals surface area contributed by atoms with Crippen molar-refractivity contribution < 1.29 is 9.53 Å². The van der Waals surface area contributed by atoms with Crippen LogP contribution >= 0.6 is 15.9 Å². The van der Waals surface area contributed by atoms with Crippen molar-refractivity contribution >= 4 is 27.5 Å². The van der Waals surface area contributed by atoms with Crippen LogP contribution in [-0.2, 0) is 6.54 Å². The molecule has 0 aromatic heterocycles. The molecule has 0 bridgehead atoms. The van der Waals surface area contributed by atoms with Crippen molar-refractivity contribution in [2.75, 3.05) is 12.8 Å². The second-order valence-electron chi connectivity index (χ2n) is 7.00. The Balaban J connectivity index is 1.82. The lowest BCUT2D eigenvalue weighted by Gasteiger charge is -2.27. The molecule has 3 aromatic rings. The number of carbonyl (C=O) groups is 1. The van der Waals surface area contributed by atoms with Gasteiger partial charge >= 0.3 is 0 Å². The summed E-state index contributed by atoms with van der Waals surface area (Å²) in [5.41, 5.74) is 11.6. The van der Waals surface area contributed by atoms with E-state index in [1.807, 2.05) is 47.4 Å². The van der Waals surface area contributed by atoms with Crippen LogP contribution < -0.4 is 10.5 Å². The molecule has 1 unspecified atom stereocenters. The zero-order chi connectivity index (χ0) is 19.8. The summed E-state index contributed by atoms with van der Waals surface area (Å²) in [6.07, 6.45) is 0. The molecule has 4 nitrogen and oxygen atoms in total. The maximum Gasteiger partial charge on any atom is 0.257 e. The van der Waals surface area contributed by atoms with Gasteiger partial charge in [0.15, 0.2) is 0 Å². The second kappa shape index (κ2) is 7.32. The van der Waals surface area contributed by atoms with Crippen LogP contribution in [0.15, 0.2) is 65.1 Å². The highest BCUT2D eigenvalue weighted by Crippen LogP contribution is 2.44. The van der Waals surface area contributed by atoms with Crippen LogP contribution in [0.4, 0.5) is 5.69 Å². The summed E-state index contributed by atoms with van der Waals surface area (Å²) in [5, 5.41) is 0. The molecule has 3 aromatic carbocycles. The van der Waals surface area contributed by atoms with Gasteiger partial charge in [0.1, 0.15) is 5.75 Å². The summed E-state index contributed by atoms with van der Waals surface area (Å²) in [4.78, 5) is 15.3. The van der Waals surface area contributed by atoms with E-state index >= 15 is 0 Å². The zero-order valence-electron chi connectivity index (χ0n) is 15.8. The third-order valence-corrected chi connectivity index (χ3v) is 5.70. The molecule has 0 radical (unpaired) electrons. The van der Waals surface area contributed by atoms with Crippen LogP contribution in [0.5, 0.6) is 5.75 Å². The Labute approximate surface area is 173 Å². The van der Waals surface area contributed by atoms with Gasteiger partial charge in [-0.15, -0.1) is 0 Å². The van der Waals surface area contributed by atoms with Crippen LogP contribution in [0.25, 0.3) is 0 Å². The largest absolute Gasteiger partial charge is 0.497 e. The Morgan fingerprint density at radius 1 is 1.07 bits per heavy atom. The van der Waals surface area contributed by atoms with Crippen molar-refractivity contribution in [1.82, 2.24) is 4.90 Å². The van der Waals surface area contributed by atoms with Crippen LogP contribution in [0, 0.1) is 6.92 Å². The maximum atomic E-state index is 13.4. The van der Waals surface area contributed by atoms with E-state index in [1.54, 1.807) is 13.2 Å². The van der Waals surface area contributed by atoms with E-state index in [0.717, 1.165) is 32.5 Å². The summed E-state index contributed by atoms with van der Waals surface area (Å²) in [6.45, 7) is 2.57. The van der Waals surface area contributed by atoms with E-state index < -0.39 is 0 Å². The van der Waals surface area contributed by atoms with E-state index in [9.17, 15) is 4.79 Å². The van der Waals surface area contributed by atoms with Crippen LogP contribution in [0.1, 0.15) is 38.7 Å². The molecule has 142 valence electrons. The highest BCUT2D eigenvalue weighted by Gasteiger charge is 2.39. The molecule has 0 fully saturated rings. The zero-order valence-corrected chi connectivity index (χ0v) is 17.4.